The first kappa shape index (κ1) is 17.3. The summed E-state index contributed by atoms with van der Waals surface area (Å²) in [6, 6.07) is 8.55. The second-order valence-electron chi connectivity index (χ2n) is 6.64. The molecular weight excluding hydrogens is 320 g/mol. The van der Waals surface area contributed by atoms with Gasteiger partial charge in [0.25, 0.3) is 0 Å². The molecule has 2 fully saturated rings. The zero-order valence-corrected chi connectivity index (χ0v) is 15.3. The summed E-state index contributed by atoms with van der Waals surface area (Å²) in [5, 5.41) is 0. The number of nitrogens with zero attached hydrogens (tertiary/aromatic N) is 2. The van der Waals surface area contributed by atoms with Crippen molar-refractivity contribution in [2.75, 3.05) is 12.8 Å². The summed E-state index contributed by atoms with van der Waals surface area (Å²) < 4.78 is 0. The van der Waals surface area contributed by atoms with Crippen molar-refractivity contribution in [1.82, 2.24) is 9.80 Å². The lowest BCUT2D eigenvalue weighted by molar-refractivity contribution is -0.144. The molecule has 1 saturated heterocycles. The molecule has 24 heavy (non-hydrogen) atoms. The summed E-state index contributed by atoms with van der Waals surface area (Å²) in [7, 11) is 0. The van der Waals surface area contributed by atoms with Crippen LogP contribution >= 0.6 is 11.8 Å². The van der Waals surface area contributed by atoms with Crippen molar-refractivity contribution in [3.8, 4) is 0 Å². The highest BCUT2D eigenvalue weighted by molar-refractivity contribution is 7.98. The smallest absolute Gasteiger partial charge is 0.245 e. The molecule has 1 atom stereocenters. The molecule has 1 saturated carbocycles. The van der Waals surface area contributed by atoms with Gasteiger partial charge >= 0.3 is 0 Å². The molecule has 1 aromatic carbocycles. The van der Waals surface area contributed by atoms with Crippen LogP contribution in [0.5, 0.6) is 0 Å². The van der Waals surface area contributed by atoms with Crippen molar-refractivity contribution in [1.29, 1.82) is 0 Å². The van der Waals surface area contributed by atoms with Gasteiger partial charge in [-0.25, -0.2) is 0 Å². The number of likely N-dealkylation sites (tertiary alicyclic amines) is 1. The molecule has 0 radical (unpaired) electrons. The fraction of sp³-hybridized carbons (Fsp3) is 0.579. The van der Waals surface area contributed by atoms with E-state index < -0.39 is 0 Å². The summed E-state index contributed by atoms with van der Waals surface area (Å²) in [4.78, 5) is 30.3. The van der Waals surface area contributed by atoms with Crippen LogP contribution in [0.2, 0.25) is 0 Å². The number of benzene rings is 1. The number of hydrogen-bond acceptors (Lipinski definition) is 3. The van der Waals surface area contributed by atoms with E-state index in [1.165, 1.54) is 10.5 Å². The molecule has 3 rings (SSSR count). The monoisotopic (exact) mass is 346 g/mol. The lowest BCUT2D eigenvalue weighted by Crippen LogP contribution is -2.48. The average molecular weight is 346 g/mol. The molecule has 0 N–H and O–H groups in total. The number of carbonyl (C=O) groups is 2. The molecule has 1 aliphatic carbocycles. The van der Waals surface area contributed by atoms with Gasteiger partial charge in [0, 0.05) is 30.4 Å². The molecular formula is C19H26N2O2S. The number of hydrogen-bond donors (Lipinski definition) is 0. The van der Waals surface area contributed by atoms with E-state index in [1.807, 2.05) is 11.8 Å². The van der Waals surface area contributed by atoms with Gasteiger partial charge < -0.3 is 9.80 Å². The van der Waals surface area contributed by atoms with Gasteiger partial charge in [0.2, 0.25) is 11.8 Å². The Morgan fingerprint density at radius 2 is 1.92 bits per heavy atom. The van der Waals surface area contributed by atoms with E-state index in [1.54, 1.807) is 16.7 Å². The normalized spacial score (nSPS) is 20.2. The lowest BCUT2D eigenvalue weighted by Gasteiger charge is -2.30. The van der Waals surface area contributed by atoms with Gasteiger partial charge in [0.1, 0.15) is 6.04 Å². The highest BCUT2D eigenvalue weighted by atomic mass is 32.2. The summed E-state index contributed by atoms with van der Waals surface area (Å²) in [6.45, 7) is 3.25. The number of thioether (sulfide) groups is 1. The third-order valence-corrected chi connectivity index (χ3v) is 5.69. The van der Waals surface area contributed by atoms with Crippen LogP contribution < -0.4 is 0 Å². The highest BCUT2D eigenvalue weighted by Gasteiger charge is 2.40. The Morgan fingerprint density at radius 3 is 2.50 bits per heavy atom. The summed E-state index contributed by atoms with van der Waals surface area (Å²) in [6.07, 6.45) is 6.45. The van der Waals surface area contributed by atoms with Gasteiger partial charge in [-0.3, -0.25) is 9.59 Å². The molecule has 1 aliphatic heterocycles. The predicted octanol–water partition coefficient (Wildman–Crippen LogP) is 3.30. The fourth-order valence-corrected chi connectivity index (χ4v) is 3.83. The van der Waals surface area contributed by atoms with Gasteiger partial charge in [0.05, 0.1) is 0 Å². The Labute approximate surface area is 148 Å². The summed E-state index contributed by atoms with van der Waals surface area (Å²) in [5.74, 6) is 0.247. The molecule has 0 bridgehead atoms. The van der Waals surface area contributed by atoms with Crippen LogP contribution in [0.3, 0.4) is 0 Å². The quantitative estimate of drug-likeness (QED) is 0.742. The molecule has 0 aromatic heterocycles. The molecule has 130 valence electrons. The number of amides is 2. The van der Waals surface area contributed by atoms with E-state index in [4.69, 9.17) is 0 Å². The van der Waals surface area contributed by atoms with Gasteiger partial charge in [-0.1, -0.05) is 19.1 Å². The van der Waals surface area contributed by atoms with Crippen molar-refractivity contribution in [3.05, 3.63) is 29.8 Å². The summed E-state index contributed by atoms with van der Waals surface area (Å²) >= 11 is 1.72. The second kappa shape index (κ2) is 7.60. The van der Waals surface area contributed by atoms with E-state index in [-0.39, 0.29) is 17.9 Å². The van der Waals surface area contributed by atoms with E-state index in [2.05, 4.69) is 30.5 Å². The Morgan fingerprint density at radius 1 is 1.21 bits per heavy atom. The molecule has 4 nitrogen and oxygen atoms in total. The third-order valence-electron chi connectivity index (χ3n) is 4.94. The average Bonchev–Trinajstić information content (AvgIpc) is 3.34. The standard InChI is InChI=1S/C19H26N2O2S/c1-3-18(22)20-12-4-5-17(20)19(23)21(15-8-9-15)13-14-6-10-16(24-2)11-7-14/h6-7,10-11,15,17H,3-5,8-9,12-13H2,1-2H3/t17-/m0/s1. The number of rotatable bonds is 6. The first-order valence-electron chi connectivity index (χ1n) is 8.87. The second-order valence-corrected chi connectivity index (χ2v) is 7.52. The molecule has 1 heterocycles. The van der Waals surface area contributed by atoms with Crippen LogP contribution in [0.15, 0.2) is 29.2 Å². The van der Waals surface area contributed by atoms with E-state index in [0.717, 1.165) is 32.2 Å². The predicted molar refractivity (Wildman–Crippen MR) is 96.8 cm³/mol. The van der Waals surface area contributed by atoms with Crippen LogP contribution in [0, 0.1) is 0 Å². The van der Waals surface area contributed by atoms with Gasteiger partial charge in [0.15, 0.2) is 0 Å². The maximum absolute atomic E-state index is 13.1. The molecule has 0 unspecified atom stereocenters. The van der Waals surface area contributed by atoms with Crippen LogP contribution in [-0.4, -0.2) is 46.5 Å². The van der Waals surface area contributed by atoms with E-state index >= 15 is 0 Å². The minimum atomic E-state index is -0.247. The Hall–Kier alpha value is -1.49. The third kappa shape index (κ3) is 3.77. The minimum absolute atomic E-state index is 0.103. The molecule has 2 aliphatic rings. The Kier molecular flexibility index (Phi) is 5.49. The van der Waals surface area contributed by atoms with Gasteiger partial charge in [-0.2, -0.15) is 0 Å². The van der Waals surface area contributed by atoms with Crippen molar-refractivity contribution < 1.29 is 9.59 Å². The fourth-order valence-electron chi connectivity index (χ4n) is 3.42. The van der Waals surface area contributed by atoms with Crippen molar-refractivity contribution in [2.24, 2.45) is 0 Å². The molecule has 2 amide bonds. The minimum Gasteiger partial charge on any atom is -0.334 e. The van der Waals surface area contributed by atoms with Crippen molar-refractivity contribution >= 4 is 23.6 Å². The largest absolute Gasteiger partial charge is 0.334 e. The Balaban J connectivity index is 1.72. The van der Waals surface area contributed by atoms with Crippen LogP contribution in [0.25, 0.3) is 0 Å². The van der Waals surface area contributed by atoms with Crippen LogP contribution in [-0.2, 0) is 16.1 Å². The molecule has 0 spiro atoms. The maximum Gasteiger partial charge on any atom is 0.245 e. The molecule has 5 heteroatoms. The van der Waals surface area contributed by atoms with Crippen LogP contribution in [0.1, 0.15) is 44.6 Å². The summed E-state index contributed by atoms with van der Waals surface area (Å²) in [5.41, 5.74) is 1.17. The van der Waals surface area contributed by atoms with Crippen molar-refractivity contribution in [3.63, 3.8) is 0 Å². The first-order valence-corrected chi connectivity index (χ1v) is 10.1. The topological polar surface area (TPSA) is 40.6 Å². The first-order chi connectivity index (χ1) is 11.6. The zero-order valence-electron chi connectivity index (χ0n) is 14.5. The SMILES string of the molecule is CCC(=O)N1CCC[C@H]1C(=O)N(Cc1ccc(SC)cc1)C1CC1. The van der Waals surface area contributed by atoms with Crippen molar-refractivity contribution in [2.45, 2.75) is 62.6 Å². The van der Waals surface area contributed by atoms with E-state index in [9.17, 15) is 9.59 Å². The van der Waals surface area contributed by atoms with Gasteiger partial charge in [-0.15, -0.1) is 11.8 Å². The van der Waals surface area contributed by atoms with E-state index in [0.29, 0.717) is 19.0 Å². The molecule has 1 aromatic rings. The number of carbonyl (C=O) groups excluding carboxylic acids is 2. The maximum atomic E-state index is 13.1. The van der Waals surface area contributed by atoms with Crippen LogP contribution in [0.4, 0.5) is 0 Å². The Bertz CT molecular complexity index is 598. The van der Waals surface area contributed by atoms with Gasteiger partial charge in [-0.05, 0) is 49.6 Å². The zero-order chi connectivity index (χ0) is 17.1. The lowest BCUT2D eigenvalue weighted by atomic mass is 10.1. The highest BCUT2D eigenvalue weighted by Crippen LogP contribution is 2.31.